The van der Waals surface area contributed by atoms with Gasteiger partial charge >= 0.3 is 0 Å². The fourth-order valence-corrected chi connectivity index (χ4v) is 7.01. The van der Waals surface area contributed by atoms with Crippen LogP contribution in [0.3, 0.4) is 0 Å². The van der Waals surface area contributed by atoms with Gasteiger partial charge in [0.2, 0.25) is 0 Å². The molecule has 37 heavy (non-hydrogen) atoms. The summed E-state index contributed by atoms with van der Waals surface area (Å²) in [5, 5.41) is 7.26. The first-order valence-corrected chi connectivity index (χ1v) is 14.0. The number of para-hydroxylation sites is 2. The summed E-state index contributed by atoms with van der Waals surface area (Å²) in [4.78, 5) is 0. The molecule has 4 aromatic carbocycles. The molecule has 7 aromatic rings. The minimum absolute atomic E-state index is 1.05. The SMILES string of the molecule is C=Cc1c(/C=C\C)n(-c2ccccc2Br)c2cc3c(cc12)c1ccccc1n3-c1csc2ccccc12. The predicted molar refractivity (Wildman–Crippen MR) is 165 cm³/mol. The Kier molecular flexibility index (Phi) is 5.20. The molecule has 0 bridgehead atoms. The smallest absolute Gasteiger partial charge is 0.0647 e. The molecule has 0 amide bonds. The highest BCUT2D eigenvalue weighted by Crippen LogP contribution is 2.41. The zero-order chi connectivity index (χ0) is 25.1. The lowest BCUT2D eigenvalue weighted by Crippen LogP contribution is -1.98. The van der Waals surface area contributed by atoms with Crippen LogP contribution in [0.25, 0.3) is 66.3 Å². The van der Waals surface area contributed by atoms with Gasteiger partial charge in [-0.2, -0.15) is 0 Å². The molecule has 2 nitrogen and oxygen atoms in total. The summed E-state index contributed by atoms with van der Waals surface area (Å²) in [6, 6.07) is 30.5. The average Bonchev–Trinajstić information content (AvgIpc) is 3.57. The molecular formula is C33H23BrN2S. The van der Waals surface area contributed by atoms with Crippen molar-refractivity contribution < 1.29 is 0 Å². The first-order valence-electron chi connectivity index (χ1n) is 12.3. The van der Waals surface area contributed by atoms with Gasteiger partial charge in [0.25, 0.3) is 0 Å². The van der Waals surface area contributed by atoms with Crippen molar-refractivity contribution in [2.24, 2.45) is 0 Å². The monoisotopic (exact) mass is 558 g/mol. The largest absolute Gasteiger partial charge is 0.308 e. The third-order valence-corrected chi connectivity index (χ3v) is 8.78. The van der Waals surface area contributed by atoms with E-state index in [1.54, 1.807) is 11.3 Å². The number of halogens is 1. The quantitative estimate of drug-likeness (QED) is 0.203. The summed E-state index contributed by atoms with van der Waals surface area (Å²) in [6.07, 6.45) is 6.27. The number of nitrogens with zero attached hydrogens (tertiary/aromatic N) is 2. The Morgan fingerprint density at radius 2 is 1.46 bits per heavy atom. The maximum atomic E-state index is 4.21. The number of hydrogen-bond acceptors (Lipinski definition) is 1. The Morgan fingerprint density at radius 3 is 2.27 bits per heavy atom. The molecule has 7 rings (SSSR count). The van der Waals surface area contributed by atoms with Crippen molar-refractivity contribution in [2.75, 3.05) is 0 Å². The second kappa shape index (κ2) is 8.62. The van der Waals surface area contributed by atoms with Gasteiger partial charge in [0.1, 0.15) is 0 Å². The Bertz CT molecular complexity index is 2030. The van der Waals surface area contributed by atoms with Crippen LogP contribution < -0.4 is 0 Å². The van der Waals surface area contributed by atoms with Crippen LogP contribution in [0, 0.1) is 0 Å². The third-order valence-electron chi connectivity index (χ3n) is 7.16. The van der Waals surface area contributed by atoms with Gasteiger partial charge in [0.05, 0.1) is 33.6 Å². The number of rotatable bonds is 4. The zero-order valence-corrected chi connectivity index (χ0v) is 22.7. The van der Waals surface area contributed by atoms with Crippen LogP contribution in [-0.2, 0) is 0 Å². The molecule has 0 saturated heterocycles. The standard InChI is InChI=1S/C33H23BrN2S/c1-3-11-27-21(4-2)24-18-25-22-12-5-8-15-28(22)36(32-20-37-33-17-10-6-13-23(32)33)31(25)19-30(24)35(27)29-16-9-7-14-26(29)34/h3-20H,2H2,1H3/b11-3-. The van der Waals surface area contributed by atoms with Crippen LogP contribution in [0.5, 0.6) is 0 Å². The topological polar surface area (TPSA) is 9.86 Å². The second-order valence-corrected chi connectivity index (χ2v) is 10.9. The Hall–Kier alpha value is -3.86. The first-order chi connectivity index (χ1) is 18.2. The molecule has 0 aliphatic rings. The Balaban J connectivity index is 1.69. The molecule has 178 valence electrons. The molecule has 3 aromatic heterocycles. The summed E-state index contributed by atoms with van der Waals surface area (Å²) in [6.45, 7) is 6.28. The van der Waals surface area contributed by atoms with Crippen LogP contribution in [0.4, 0.5) is 0 Å². The molecule has 0 spiro atoms. The third kappa shape index (κ3) is 3.23. The van der Waals surface area contributed by atoms with Crippen LogP contribution in [0.1, 0.15) is 18.2 Å². The Morgan fingerprint density at radius 1 is 0.730 bits per heavy atom. The van der Waals surface area contributed by atoms with Gasteiger partial charge < -0.3 is 9.13 Å². The minimum Gasteiger partial charge on any atom is -0.308 e. The fraction of sp³-hybridized carbons (Fsp3) is 0.0303. The van der Waals surface area contributed by atoms with E-state index in [2.05, 4.69) is 141 Å². The lowest BCUT2D eigenvalue weighted by atomic mass is 10.1. The number of benzene rings is 4. The van der Waals surface area contributed by atoms with E-state index < -0.39 is 0 Å². The molecular weight excluding hydrogens is 536 g/mol. The highest BCUT2D eigenvalue weighted by atomic mass is 79.9. The van der Waals surface area contributed by atoms with Crippen LogP contribution >= 0.6 is 27.3 Å². The van der Waals surface area contributed by atoms with Crippen molar-refractivity contribution in [1.29, 1.82) is 0 Å². The number of allylic oxidation sites excluding steroid dienone is 1. The van der Waals surface area contributed by atoms with Crippen molar-refractivity contribution in [3.63, 3.8) is 0 Å². The summed E-state index contributed by atoms with van der Waals surface area (Å²) < 4.78 is 7.13. The maximum Gasteiger partial charge on any atom is 0.0647 e. The van der Waals surface area contributed by atoms with Crippen molar-refractivity contribution in [3.8, 4) is 11.4 Å². The van der Waals surface area contributed by atoms with Gasteiger partial charge in [-0.05, 0) is 65.3 Å². The van der Waals surface area contributed by atoms with Crippen LogP contribution in [0.15, 0.2) is 107 Å². The van der Waals surface area contributed by atoms with E-state index in [-0.39, 0.29) is 0 Å². The van der Waals surface area contributed by atoms with Gasteiger partial charge in [-0.25, -0.2) is 0 Å². The summed E-state index contributed by atoms with van der Waals surface area (Å²) in [5.74, 6) is 0. The highest BCUT2D eigenvalue weighted by molar-refractivity contribution is 9.10. The first kappa shape index (κ1) is 22.3. The molecule has 0 aliphatic heterocycles. The van der Waals surface area contributed by atoms with Crippen molar-refractivity contribution in [2.45, 2.75) is 6.92 Å². The number of aromatic nitrogens is 2. The number of hydrogen-bond donors (Lipinski definition) is 0. The van der Waals surface area contributed by atoms with Crippen molar-refractivity contribution >= 4 is 82.2 Å². The molecule has 0 N–H and O–H groups in total. The van der Waals surface area contributed by atoms with E-state index >= 15 is 0 Å². The average molecular weight is 560 g/mol. The molecule has 0 radical (unpaired) electrons. The van der Waals surface area contributed by atoms with Crippen molar-refractivity contribution in [3.05, 3.63) is 119 Å². The van der Waals surface area contributed by atoms with Gasteiger partial charge in [-0.1, -0.05) is 67.3 Å². The van der Waals surface area contributed by atoms with Crippen molar-refractivity contribution in [1.82, 2.24) is 9.13 Å². The number of fused-ring (bicyclic) bond motifs is 5. The summed E-state index contributed by atoms with van der Waals surface area (Å²) in [7, 11) is 0. The van der Waals surface area contributed by atoms with Crippen LogP contribution in [-0.4, -0.2) is 9.13 Å². The van der Waals surface area contributed by atoms with Gasteiger partial charge in [0, 0.05) is 41.7 Å². The van der Waals surface area contributed by atoms with E-state index in [0.29, 0.717) is 0 Å². The Labute approximate surface area is 227 Å². The van der Waals surface area contributed by atoms with Gasteiger partial charge in [-0.15, -0.1) is 11.3 Å². The van der Waals surface area contributed by atoms with E-state index in [0.717, 1.165) is 26.9 Å². The lowest BCUT2D eigenvalue weighted by molar-refractivity contribution is 1.09. The molecule has 4 heteroatoms. The molecule has 0 saturated carbocycles. The van der Waals surface area contributed by atoms with E-state index in [1.165, 1.54) is 43.0 Å². The molecule has 0 unspecified atom stereocenters. The minimum atomic E-state index is 1.05. The molecule has 0 aliphatic carbocycles. The highest BCUT2D eigenvalue weighted by Gasteiger charge is 2.21. The lowest BCUT2D eigenvalue weighted by Gasteiger charge is -2.12. The maximum absolute atomic E-state index is 4.21. The van der Waals surface area contributed by atoms with Gasteiger partial charge in [0.15, 0.2) is 0 Å². The zero-order valence-electron chi connectivity index (χ0n) is 20.3. The van der Waals surface area contributed by atoms with Crippen LogP contribution in [0.2, 0.25) is 0 Å². The van der Waals surface area contributed by atoms with E-state index in [1.807, 2.05) is 6.08 Å². The molecule has 0 atom stereocenters. The predicted octanol–water partition coefficient (Wildman–Crippen LogP) is 10.4. The normalized spacial score (nSPS) is 12.1. The fourth-order valence-electron chi connectivity index (χ4n) is 5.62. The van der Waals surface area contributed by atoms with Gasteiger partial charge in [-0.3, -0.25) is 0 Å². The molecule has 3 heterocycles. The number of thiophene rings is 1. The summed E-state index contributed by atoms with van der Waals surface area (Å²) in [5.41, 5.74) is 8.18. The second-order valence-electron chi connectivity index (χ2n) is 9.15. The summed E-state index contributed by atoms with van der Waals surface area (Å²) >= 11 is 5.61. The molecule has 0 fully saturated rings. The van der Waals surface area contributed by atoms with E-state index in [9.17, 15) is 0 Å². The van der Waals surface area contributed by atoms with E-state index in [4.69, 9.17) is 0 Å².